The van der Waals surface area contributed by atoms with Crippen LogP contribution in [-0.2, 0) is 36.0 Å². The van der Waals surface area contributed by atoms with Gasteiger partial charge >= 0.3 is 17.6 Å². The molecule has 182 valence electrons. The van der Waals surface area contributed by atoms with Gasteiger partial charge in [0.15, 0.2) is 0 Å². The lowest BCUT2D eigenvalue weighted by Gasteiger charge is -2.25. The summed E-state index contributed by atoms with van der Waals surface area (Å²) in [6.07, 6.45) is 2.81. The minimum atomic E-state index is -2.49. The summed E-state index contributed by atoms with van der Waals surface area (Å²) in [6, 6.07) is 1.50. The maximum atomic E-state index is 5.79. The Bertz CT molecular complexity index is 339. The molecule has 30 heavy (non-hydrogen) atoms. The topological polar surface area (TPSA) is 77.1 Å². The SMILES string of the molecule is CCCN(CCOCCC[Si](OC)(OC)OC)CCOCCC[Si](OC)(OC)OC. The van der Waals surface area contributed by atoms with Crippen LogP contribution in [0.3, 0.4) is 0 Å². The molecule has 0 aliphatic rings. The van der Waals surface area contributed by atoms with Crippen LogP contribution in [0.5, 0.6) is 0 Å². The first kappa shape index (κ1) is 30.1. The molecule has 0 saturated carbocycles. The number of ether oxygens (including phenoxy) is 2. The lowest BCUT2D eigenvalue weighted by molar-refractivity contribution is 0.0695. The quantitative estimate of drug-likeness (QED) is 0.174. The Morgan fingerprint density at radius 2 is 0.900 bits per heavy atom. The molecule has 11 heteroatoms. The third-order valence-electron chi connectivity index (χ3n) is 5.05. The zero-order valence-corrected chi connectivity index (χ0v) is 22.2. The highest BCUT2D eigenvalue weighted by Crippen LogP contribution is 2.15. The molecule has 0 radical (unpaired) electrons. The van der Waals surface area contributed by atoms with E-state index in [4.69, 9.17) is 36.0 Å². The zero-order chi connectivity index (χ0) is 22.7. The average molecular weight is 472 g/mol. The summed E-state index contributed by atoms with van der Waals surface area (Å²) >= 11 is 0. The summed E-state index contributed by atoms with van der Waals surface area (Å²) in [5, 5.41) is 0. The van der Waals surface area contributed by atoms with Gasteiger partial charge in [0, 0.05) is 81.1 Å². The van der Waals surface area contributed by atoms with Gasteiger partial charge in [-0.25, -0.2) is 0 Å². The van der Waals surface area contributed by atoms with Crippen LogP contribution in [0.15, 0.2) is 0 Å². The Balaban J connectivity index is 3.93. The molecule has 0 aromatic heterocycles. The van der Waals surface area contributed by atoms with E-state index < -0.39 is 17.6 Å². The van der Waals surface area contributed by atoms with Crippen LogP contribution in [0.4, 0.5) is 0 Å². The molecule has 0 N–H and O–H groups in total. The second-order valence-electron chi connectivity index (χ2n) is 6.86. The van der Waals surface area contributed by atoms with Crippen molar-refractivity contribution in [1.29, 1.82) is 0 Å². The molecule has 0 rings (SSSR count). The number of rotatable bonds is 22. The van der Waals surface area contributed by atoms with Gasteiger partial charge in [0.05, 0.1) is 13.2 Å². The fraction of sp³-hybridized carbons (Fsp3) is 1.00. The molecule has 0 spiro atoms. The fourth-order valence-electron chi connectivity index (χ4n) is 3.14. The molecular formula is C19H45NO8Si2. The Labute approximate surface area is 185 Å². The first-order chi connectivity index (χ1) is 14.5. The molecule has 0 bridgehead atoms. The van der Waals surface area contributed by atoms with Gasteiger partial charge in [-0.15, -0.1) is 0 Å². The summed E-state index contributed by atoms with van der Waals surface area (Å²) in [7, 11) is 4.83. The van der Waals surface area contributed by atoms with Gasteiger partial charge in [-0.3, -0.25) is 4.90 Å². The number of hydrogen-bond donors (Lipinski definition) is 0. The van der Waals surface area contributed by atoms with Crippen LogP contribution >= 0.6 is 0 Å². The Morgan fingerprint density at radius 3 is 1.20 bits per heavy atom. The maximum absolute atomic E-state index is 5.79. The van der Waals surface area contributed by atoms with Gasteiger partial charge in [0.2, 0.25) is 0 Å². The van der Waals surface area contributed by atoms with Gasteiger partial charge in [-0.2, -0.15) is 0 Å². The van der Waals surface area contributed by atoms with Crippen molar-refractivity contribution in [2.45, 2.75) is 38.3 Å². The second kappa shape index (κ2) is 18.6. The van der Waals surface area contributed by atoms with E-state index in [-0.39, 0.29) is 0 Å². The Kier molecular flexibility index (Phi) is 18.7. The standard InChI is InChI=1S/C19H45NO8Si2/c1-8-11-20(12-16-27-14-9-18-29(21-2,22-3)23-4)13-17-28-15-10-19-30(24-5,25-6)26-7/h8-19H2,1-7H3. The van der Waals surface area contributed by atoms with E-state index in [1.165, 1.54) is 0 Å². The first-order valence-corrected chi connectivity index (χ1v) is 14.6. The fourth-order valence-corrected chi connectivity index (χ4v) is 6.52. The molecule has 9 nitrogen and oxygen atoms in total. The monoisotopic (exact) mass is 471 g/mol. The van der Waals surface area contributed by atoms with Gasteiger partial charge in [-0.05, 0) is 25.8 Å². The molecule has 0 atom stereocenters. The van der Waals surface area contributed by atoms with E-state index in [1.807, 2.05) is 0 Å². The Hall–Kier alpha value is 0.0738. The zero-order valence-electron chi connectivity index (χ0n) is 20.2. The highest BCUT2D eigenvalue weighted by atomic mass is 28.4. The molecule has 0 unspecified atom stereocenters. The summed E-state index contributed by atoms with van der Waals surface area (Å²) in [6.45, 7) is 7.75. The Morgan fingerprint density at radius 1 is 0.533 bits per heavy atom. The van der Waals surface area contributed by atoms with Gasteiger partial charge < -0.3 is 36.0 Å². The van der Waals surface area contributed by atoms with E-state index in [9.17, 15) is 0 Å². The van der Waals surface area contributed by atoms with Crippen LogP contribution in [0.1, 0.15) is 26.2 Å². The second-order valence-corrected chi connectivity index (χ2v) is 13.0. The summed E-state index contributed by atoms with van der Waals surface area (Å²) < 4.78 is 44.1. The van der Waals surface area contributed by atoms with E-state index >= 15 is 0 Å². The van der Waals surface area contributed by atoms with Gasteiger partial charge in [0.25, 0.3) is 0 Å². The van der Waals surface area contributed by atoms with Crippen LogP contribution in [0.25, 0.3) is 0 Å². The summed E-state index contributed by atoms with van der Waals surface area (Å²) in [4.78, 5) is 2.37. The van der Waals surface area contributed by atoms with Gasteiger partial charge in [0.1, 0.15) is 0 Å². The molecule has 0 amide bonds. The molecule has 0 aromatic rings. The predicted octanol–water partition coefficient (Wildman–Crippen LogP) is 2.27. The van der Waals surface area contributed by atoms with Crippen molar-refractivity contribution in [3.05, 3.63) is 0 Å². The van der Waals surface area contributed by atoms with Gasteiger partial charge in [-0.1, -0.05) is 6.92 Å². The molecular weight excluding hydrogens is 426 g/mol. The van der Waals surface area contributed by atoms with Crippen molar-refractivity contribution in [2.24, 2.45) is 0 Å². The van der Waals surface area contributed by atoms with Crippen LogP contribution < -0.4 is 0 Å². The van der Waals surface area contributed by atoms with E-state index in [2.05, 4.69) is 11.8 Å². The number of hydrogen-bond acceptors (Lipinski definition) is 9. The largest absolute Gasteiger partial charge is 0.500 e. The molecule has 0 aromatic carbocycles. The van der Waals surface area contributed by atoms with Crippen LogP contribution in [-0.4, -0.2) is 111 Å². The first-order valence-electron chi connectivity index (χ1n) is 10.7. The normalized spacial score (nSPS) is 12.8. The van der Waals surface area contributed by atoms with Crippen molar-refractivity contribution in [3.63, 3.8) is 0 Å². The minimum Gasteiger partial charge on any atom is -0.380 e. The van der Waals surface area contributed by atoms with E-state index in [1.54, 1.807) is 42.7 Å². The predicted molar refractivity (Wildman–Crippen MR) is 121 cm³/mol. The molecule has 0 fully saturated rings. The van der Waals surface area contributed by atoms with Crippen LogP contribution in [0, 0.1) is 0 Å². The van der Waals surface area contributed by atoms with E-state index in [0.29, 0.717) is 26.4 Å². The molecule has 0 heterocycles. The highest BCUT2D eigenvalue weighted by Gasteiger charge is 2.37. The third kappa shape index (κ3) is 12.2. The maximum Gasteiger partial charge on any atom is 0.500 e. The summed E-state index contributed by atoms with van der Waals surface area (Å²) in [5.41, 5.74) is 0. The number of nitrogens with zero attached hydrogens (tertiary/aromatic N) is 1. The van der Waals surface area contributed by atoms with Crippen LogP contribution in [0.2, 0.25) is 12.1 Å². The molecule has 0 aliphatic carbocycles. The molecule has 0 aliphatic heterocycles. The van der Waals surface area contributed by atoms with Crippen molar-refractivity contribution < 1.29 is 36.0 Å². The molecule has 0 saturated heterocycles. The lowest BCUT2D eigenvalue weighted by atomic mass is 10.4. The average Bonchev–Trinajstić information content (AvgIpc) is 2.79. The van der Waals surface area contributed by atoms with Crippen molar-refractivity contribution in [1.82, 2.24) is 4.90 Å². The minimum absolute atomic E-state index is 0.672. The van der Waals surface area contributed by atoms with E-state index in [0.717, 1.165) is 51.0 Å². The highest BCUT2D eigenvalue weighted by molar-refractivity contribution is 6.60. The third-order valence-corrected chi connectivity index (χ3v) is 10.7. The van der Waals surface area contributed by atoms with Crippen molar-refractivity contribution in [3.8, 4) is 0 Å². The summed E-state index contributed by atoms with van der Waals surface area (Å²) in [5.74, 6) is 0. The van der Waals surface area contributed by atoms with Crippen molar-refractivity contribution in [2.75, 3.05) is 88.7 Å². The van der Waals surface area contributed by atoms with Crippen molar-refractivity contribution >= 4 is 17.6 Å². The smallest absolute Gasteiger partial charge is 0.380 e. The lowest BCUT2D eigenvalue weighted by Crippen LogP contribution is -2.42.